The molecular formula is C10H16N2O2. The zero-order chi connectivity index (χ0) is 10.4. The molecule has 0 fully saturated rings. The first-order chi connectivity index (χ1) is 6.74. The summed E-state index contributed by atoms with van der Waals surface area (Å²) in [7, 11) is 0. The van der Waals surface area contributed by atoms with Crippen molar-refractivity contribution in [2.45, 2.75) is 25.8 Å². The molecule has 0 aliphatic rings. The lowest BCUT2D eigenvalue weighted by Gasteiger charge is -2.08. The molecule has 1 unspecified atom stereocenters. The van der Waals surface area contributed by atoms with E-state index in [1.54, 1.807) is 6.07 Å². The third kappa shape index (κ3) is 3.22. The van der Waals surface area contributed by atoms with Crippen LogP contribution in [0.4, 0.5) is 0 Å². The fourth-order valence-electron chi connectivity index (χ4n) is 1.07. The molecule has 0 spiro atoms. The highest BCUT2D eigenvalue weighted by atomic mass is 16.3. The van der Waals surface area contributed by atoms with Gasteiger partial charge in [-0.2, -0.15) is 0 Å². The number of hydrogen-bond acceptors (Lipinski definition) is 3. The molecule has 0 saturated carbocycles. The van der Waals surface area contributed by atoms with E-state index < -0.39 is 0 Å². The van der Waals surface area contributed by atoms with Gasteiger partial charge in [-0.15, -0.1) is 0 Å². The van der Waals surface area contributed by atoms with Crippen LogP contribution in [-0.2, 0) is 0 Å². The monoisotopic (exact) mass is 196 g/mol. The van der Waals surface area contributed by atoms with Crippen LogP contribution in [0.1, 0.15) is 30.1 Å². The van der Waals surface area contributed by atoms with Crippen molar-refractivity contribution >= 4 is 5.91 Å². The van der Waals surface area contributed by atoms with Crippen molar-refractivity contribution in [3.05, 3.63) is 24.2 Å². The van der Waals surface area contributed by atoms with Crippen molar-refractivity contribution in [1.29, 1.82) is 0 Å². The lowest BCUT2D eigenvalue weighted by molar-refractivity contribution is 0.0952. The quantitative estimate of drug-likeness (QED) is 0.742. The molecular weight excluding hydrogens is 180 g/mol. The maximum absolute atomic E-state index is 11.4. The summed E-state index contributed by atoms with van der Waals surface area (Å²) in [5.41, 5.74) is 6.26. The van der Waals surface area contributed by atoms with E-state index in [0.29, 0.717) is 12.1 Å². The van der Waals surface area contributed by atoms with Gasteiger partial charge in [-0.25, -0.2) is 0 Å². The molecule has 1 atom stereocenters. The second kappa shape index (κ2) is 5.44. The average Bonchev–Trinajstić information content (AvgIpc) is 2.70. The van der Waals surface area contributed by atoms with Gasteiger partial charge in [-0.3, -0.25) is 4.79 Å². The van der Waals surface area contributed by atoms with Crippen LogP contribution >= 0.6 is 0 Å². The largest absolute Gasteiger partial charge is 0.472 e. The van der Waals surface area contributed by atoms with Crippen LogP contribution in [0.5, 0.6) is 0 Å². The van der Waals surface area contributed by atoms with Gasteiger partial charge in [0.15, 0.2) is 0 Å². The summed E-state index contributed by atoms with van der Waals surface area (Å²) >= 11 is 0. The smallest absolute Gasteiger partial charge is 0.254 e. The predicted molar refractivity (Wildman–Crippen MR) is 53.9 cm³/mol. The van der Waals surface area contributed by atoms with Gasteiger partial charge < -0.3 is 15.5 Å². The fourth-order valence-corrected chi connectivity index (χ4v) is 1.07. The van der Waals surface area contributed by atoms with Crippen LogP contribution in [0.25, 0.3) is 0 Å². The summed E-state index contributed by atoms with van der Waals surface area (Å²) in [6.45, 7) is 2.64. The number of nitrogens with two attached hydrogens (primary N) is 1. The summed E-state index contributed by atoms with van der Waals surface area (Å²) in [5, 5.41) is 2.77. The highest BCUT2D eigenvalue weighted by molar-refractivity contribution is 5.93. The molecule has 1 aromatic heterocycles. The maximum Gasteiger partial charge on any atom is 0.254 e. The van der Waals surface area contributed by atoms with Gasteiger partial charge in [0.2, 0.25) is 0 Å². The fraction of sp³-hybridized carbons (Fsp3) is 0.500. The van der Waals surface area contributed by atoms with Crippen molar-refractivity contribution in [1.82, 2.24) is 5.32 Å². The zero-order valence-electron chi connectivity index (χ0n) is 8.32. The number of furan rings is 1. The summed E-state index contributed by atoms with van der Waals surface area (Å²) in [4.78, 5) is 11.4. The SMILES string of the molecule is CCC(N)CCNC(=O)c1ccoc1. The zero-order valence-corrected chi connectivity index (χ0v) is 8.32. The van der Waals surface area contributed by atoms with Crippen LogP contribution < -0.4 is 11.1 Å². The second-order valence-electron chi connectivity index (χ2n) is 3.22. The highest BCUT2D eigenvalue weighted by Crippen LogP contribution is 1.99. The van der Waals surface area contributed by atoms with E-state index in [9.17, 15) is 4.79 Å². The first kappa shape index (κ1) is 10.8. The van der Waals surface area contributed by atoms with Crippen molar-refractivity contribution in [3.8, 4) is 0 Å². The summed E-state index contributed by atoms with van der Waals surface area (Å²) < 4.78 is 4.80. The Balaban J connectivity index is 2.23. The molecule has 3 N–H and O–H groups in total. The minimum Gasteiger partial charge on any atom is -0.472 e. The first-order valence-corrected chi connectivity index (χ1v) is 4.80. The molecule has 4 nitrogen and oxygen atoms in total. The Bertz CT molecular complexity index is 270. The Hall–Kier alpha value is -1.29. The number of rotatable bonds is 5. The van der Waals surface area contributed by atoms with Gasteiger partial charge in [0.05, 0.1) is 11.8 Å². The summed E-state index contributed by atoms with van der Waals surface area (Å²) in [6.07, 6.45) is 4.64. The molecule has 1 heterocycles. The normalized spacial score (nSPS) is 12.4. The molecule has 0 bridgehead atoms. The van der Waals surface area contributed by atoms with Gasteiger partial charge in [-0.1, -0.05) is 6.92 Å². The Morgan fingerprint density at radius 2 is 2.50 bits per heavy atom. The minimum atomic E-state index is -0.109. The Morgan fingerprint density at radius 1 is 1.71 bits per heavy atom. The Morgan fingerprint density at radius 3 is 3.07 bits per heavy atom. The van der Waals surface area contributed by atoms with E-state index in [2.05, 4.69) is 5.32 Å². The second-order valence-corrected chi connectivity index (χ2v) is 3.22. The third-order valence-electron chi connectivity index (χ3n) is 2.11. The molecule has 0 aliphatic carbocycles. The van der Waals surface area contributed by atoms with E-state index in [1.165, 1.54) is 12.5 Å². The molecule has 14 heavy (non-hydrogen) atoms. The molecule has 1 amide bonds. The van der Waals surface area contributed by atoms with Gasteiger partial charge >= 0.3 is 0 Å². The maximum atomic E-state index is 11.4. The Kier molecular flexibility index (Phi) is 4.19. The van der Waals surface area contributed by atoms with Crippen LogP contribution in [-0.4, -0.2) is 18.5 Å². The topological polar surface area (TPSA) is 68.3 Å². The van der Waals surface area contributed by atoms with E-state index in [0.717, 1.165) is 12.8 Å². The van der Waals surface area contributed by atoms with Gasteiger partial charge in [0.25, 0.3) is 5.91 Å². The van der Waals surface area contributed by atoms with Crippen molar-refractivity contribution < 1.29 is 9.21 Å². The number of nitrogens with one attached hydrogen (secondary N) is 1. The van der Waals surface area contributed by atoms with Crippen molar-refractivity contribution in [2.75, 3.05) is 6.54 Å². The van der Waals surface area contributed by atoms with Gasteiger partial charge in [0, 0.05) is 12.6 Å². The number of carbonyl (C=O) groups is 1. The number of hydrogen-bond donors (Lipinski definition) is 2. The van der Waals surface area contributed by atoms with E-state index in [4.69, 9.17) is 10.2 Å². The molecule has 0 saturated heterocycles. The molecule has 0 radical (unpaired) electrons. The third-order valence-corrected chi connectivity index (χ3v) is 2.11. The lowest BCUT2D eigenvalue weighted by atomic mass is 10.2. The molecule has 0 aromatic carbocycles. The van der Waals surface area contributed by atoms with Gasteiger partial charge in [0.1, 0.15) is 6.26 Å². The number of amides is 1. The number of carbonyl (C=O) groups excluding carboxylic acids is 1. The van der Waals surface area contributed by atoms with Crippen molar-refractivity contribution in [3.63, 3.8) is 0 Å². The highest BCUT2D eigenvalue weighted by Gasteiger charge is 2.06. The summed E-state index contributed by atoms with van der Waals surface area (Å²) in [6, 6.07) is 1.80. The Labute approximate surface area is 83.5 Å². The van der Waals surface area contributed by atoms with Crippen LogP contribution in [0, 0.1) is 0 Å². The standard InChI is InChI=1S/C10H16N2O2/c1-2-9(11)3-5-12-10(13)8-4-6-14-7-8/h4,6-7,9H,2-3,5,11H2,1H3,(H,12,13). The van der Waals surface area contributed by atoms with Crippen molar-refractivity contribution in [2.24, 2.45) is 5.73 Å². The molecule has 1 rings (SSSR count). The average molecular weight is 196 g/mol. The molecule has 4 heteroatoms. The van der Waals surface area contributed by atoms with E-state index in [1.807, 2.05) is 6.92 Å². The van der Waals surface area contributed by atoms with Crippen LogP contribution in [0.15, 0.2) is 23.0 Å². The van der Waals surface area contributed by atoms with E-state index >= 15 is 0 Å². The molecule has 0 aliphatic heterocycles. The minimum absolute atomic E-state index is 0.109. The predicted octanol–water partition coefficient (Wildman–Crippen LogP) is 1.14. The molecule has 78 valence electrons. The van der Waals surface area contributed by atoms with Gasteiger partial charge in [-0.05, 0) is 18.9 Å². The molecule has 1 aromatic rings. The van der Waals surface area contributed by atoms with E-state index in [-0.39, 0.29) is 11.9 Å². The first-order valence-electron chi connectivity index (χ1n) is 4.80. The summed E-state index contributed by atoms with van der Waals surface area (Å²) in [5.74, 6) is -0.109. The van der Waals surface area contributed by atoms with Crippen LogP contribution in [0.3, 0.4) is 0 Å². The lowest BCUT2D eigenvalue weighted by Crippen LogP contribution is -2.29. The van der Waals surface area contributed by atoms with Crippen LogP contribution in [0.2, 0.25) is 0 Å².